The van der Waals surface area contributed by atoms with Crippen LogP contribution in [-0.2, 0) is 26.1 Å². The number of hydrogen-bond donors (Lipinski definition) is 1. The number of amides is 1. The lowest BCUT2D eigenvalue weighted by Crippen LogP contribution is -2.32. The Labute approximate surface area is 197 Å². The van der Waals surface area contributed by atoms with Crippen LogP contribution in [0.25, 0.3) is 10.8 Å². The number of carbonyl (C=O) groups is 2. The Morgan fingerprint density at radius 2 is 1.79 bits per heavy atom. The zero-order valence-corrected chi connectivity index (χ0v) is 20.1. The summed E-state index contributed by atoms with van der Waals surface area (Å²) in [5.74, 6) is -1.51. The Morgan fingerprint density at radius 3 is 2.44 bits per heavy atom. The minimum atomic E-state index is -3.68. The largest absolute Gasteiger partial charge is 0.448 e. The van der Waals surface area contributed by atoms with Crippen LogP contribution in [0.4, 0.5) is 5.69 Å². The molecule has 1 heterocycles. The van der Waals surface area contributed by atoms with Gasteiger partial charge < -0.3 is 10.1 Å². The first-order chi connectivity index (χ1) is 16.1. The summed E-state index contributed by atoms with van der Waals surface area (Å²) in [6.45, 7) is 3.59. The van der Waals surface area contributed by atoms with E-state index in [1.54, 1.807) is 24.3 Å². The van der Waals surface area contributed by atoms with Crippen molar-refractivity contribution in [2.75, 3.05) is 19.4 Å². The number of fused-ring (bicyclic) bond motifs is 1. The highest BCUT2D eigenvalue weighted by Crippen LogP contribution is 2.19. The SMILES string of the molecule is CCCn1nc(C(=O)O[C@@H](C)C(=O)Nc2cccc(S(=O)(=O)N(C)C)c2)c2ccccc2c1=O. The average molecular weight is 487 g/mol. The zero-order chi connectivity index (χ0) is 25.0. The minimum Gasteiger partial charge on any atom is -0.448 e. The number of sulfonamides is 1. The van der Waals surface area contributed by atoms with Crippen molar-refractivity contribution in [2.24, 2.45) is 0 Å². The third-order valence-electron chi connectivity index (χ3n) is 5.03. The van der Waals surface area contributed by atoms with Gasteiger partial charge in [-0.2, -0.15) is 5.10 Å². The summed E-state index contributed by atoms with van der Waals surface area (Å²) >= 11 is 0. The van der Waals surface area contributed by atoms with Gasteiger partial charge in [0.25, 0.3) is 11.5 Å². The number of esters is 1. The summed E-state index contributed by atoms with van der Waals surface area (Å²) in [5.41, 5.74) is -0.148. The molecular weight excluding hydrogens is 460 g/mol. The fourth-order valence-electron chi connectivity index (χ4n) is 3.21. The highest BCUT2D eigenvalue weighted by atomic mass is 32.2. The lowest BCUT2D eigenvalue weighted by atomic mass is 10.1. The van der Waals surface area contributed by atoms with Crippen molar-refractivity contribution < 1.29 is 22.7 Å². The van der Waals surface area contributed by atoms with E-state index >= 15 is 0 Å². The van der Waals surface area contributed by atoms with Crippen molar-refractivity contribution in [2.45, 2.75) is 37.8 Å². The Morgan fingerprint density at radius 1 is 1.12 bits per heavy atom. The minimum absolute atomic E-state index is 0.00815. The van der Waals surface area contributed by atoms with Gasteiger partial charge in [-0.1, -0.05) is 31.2 Å². The van der Waals surface area contributed by atoms with E-state index in [9.17, 15) is 22.8 Å². The van der Waals surface area contributed by atoms with Crippen molar-refractivity contribution in [1.82, 2.24) is 14.1 Å². The number of aryl methyl sites for hydroxylation is 1. The van der Waals surface area contributed by atoms with E-state index in [-0.39, 0.29) is 21.8 Å². The molecule has 0 saturated carbocycles. The molecule has 0 aliphatic rings. The number of ether oxygens (including phenoxy) is 1. The quantitative estimate of drug-likeness (QED) is 0.484. The van der Waals surface area contributed by atoms with E-state index in [4.69, 9.17) is 4.74 Å². The summed E-state index contributed by atoms with van der Waals surface area (Å²) in [4.78, 5) is 38.1. The van der Waals surface area contributed by atoms with Crippen LogP contribution in [0.2, 0.25) is 0 Å². The predicted octanol–water partition coefficient (Wildman–Crippen LogP) is 2.24. The second kappa shape index (κ2) is 10.1. The number of rotatable bonds is 8. The molecule has 1 N–H and O–H groups in total. The molecule has 0 aliphatic carbocycles. The summed E-state index contributed by atoms with van der Waals surface area (Å²) in [5, 5.41) is 7.38. The molecule has 1 aromatic heterocycles. The molecule has 0 aliphatic heterocycles. The number of nitrogens with one attached hydrogen (secondary N) is 1. The Balaban J connectivity index is 1.82. The lowest BCUT2D eigenvalue weighted by Gasteiger charge is -2.16. The molecular formula is C23H26N4O6S. The van der Waals surface area contributed by atoms with E-state index in [1.807, 2.05) is 6.92 Å². The number of nitrogens with zero attached hydrogens (tertiary/aromatic N) is 3. The molecule has 0 unspecified atom stereocenters. The van der Waals surface area contributed by atoms with Crippen LogP contribution in [0.1, 0.15) is 30.8 Å². The van der Waals surface area contributed by atoms with Gasteiger partial charge in [-0.25, -0.2) is 22.2 Å². The third-order valence-corrected chi connectivity index (χ3v) is 6.84. The van der Waals surface area contributed by atoms with E-state index in [2.05, 4.69) is 10.4 Å². The van der Waals surface area contributed by atoms with Gasteiger partial charge in [0.2, 0.25) is 10.0 Å². The molecule has 0 spiro atoms. The summed E-state index contributed by atoms with van der Waals surface area (Å²) in [6, 6.07) is 12.3. The van der Waals surface area contributed by atoms with Crippen LogP contribution in [0.3, 0.4) is 0 Å². The average Bonchev–Trinajstić information content (AvgIpc) is 2.81. The molecule has 180 valence electrons. The van der Waals surface area contributed by atoms with Crippen LogP contribution in [0, 0.1) is 0 Å². The molecule has 3 aromatic rings. The maximum Gasteiger partial charge on any atom is 0.360 e. The molecule has 1 amide bonds. The van der Waals surface area contributed by atoms with Crippen molar-refractivity contribution in [1.29, 1.82) is 0 Å². The maximum atomic E-state index is 12.9. The normalized spacial score (nSPS) is 12.5. The number of hydrogen-bond acceptors (Lipinski definition) is 7. The van der Waals surface area contributed by atoms with Crippen molar-refractivity contribution in [3.63, 3.8) is 0 Å². The van der Waals surface area contributed by atoms with E-state index in [0.29, 0.717) is 23.7 Å². The van der Waals surface area contributed by atoms with Gasteiger partial charge in [-0.15, -0.1) is 0 Å². The van der Waals surface area contributed by atoms with Gasteiger partial charge in [0.1, 0.15) is 0 Å². The maximum absolute atomic E-state index is 12.9. The molecule has 1 atom stereocenters. The topological polar surface area (TPSA) is 128 Å². The third kappa shape index (κ3) is 5.15. The van der Waals surface area contributed by atoms with E-state index in [0.717, 1.165) is 4.31 Å². The number of aromatic nitrogens is 2. The number of carbonyl (C=O) groups excluding carboxylic acids is 2. The van der Waals surface area contributed by atoms with Gasteiger partial charge in [0, 0.05) is 31.7 Å². The van der Waals surface area contributed by atoms with Gasteiger partial charge in [-0.05, 0) is 37.6 Å². The second-order valence-corrected chi connectivity index (χ2v) is 9.93. The van der Waals surface area contributed by atoms with Crippen molar-refractivity contribution in [3.8, 4) is 0 Å². The lowest BCUT2D eigenvalue weighted by molar-refractivity contribution is -0.123. The predicted molar refractivity (Wildman–Crippen MR) is 127 cm³/mol. The van der Waals surface area contributed by atoms with E-state index in [1.165, 1.54) is 50.0 Å². The van der Waals surface area contributed by atoms with Gasteiger partial charge in [0.05, 0.1) is 10.3 Å². The van der Waals surface area contributed by atoms with Crippen LogP contribution in [0.15, 0.2) is 58.2 Å². The standard InChI is InChI=1S/C23H26N4O6S/c1-5-13-27-22(29)19-12-7-6-11-18(19)20(25-27)23(30)33-15(2)21(28)24-16-9-8-10-17(14-16)34(31,32)26(3)4/h6-12,14-15H,5,13H2,1-4H3,(H,24,28)/t15-/m0/s1. The first-order valence-electron chi connectivity index (χ1n) is 10.6. The Hall–Kier alpha value is -3.57. The summed E-state index contributed by atoms with van der Waals surface area (Å²) in [6.07, 6.45) is -0.574. The summed E-state index contributed by atoms with van der Waals surface area (Å²) < 4.78 is 32.3. The number of benzene rings is 2. The van der Waals surface area contributed by atoms with Gasteiger partial charge in [0.15, 0.2) is 11.8 Å². The zero-order valence-electron chi connectivity index (χ0n) is 19.3. The van der Waals surface area contributed by atoms with Crippen LogP contribution in [0.5, 0.6) is 0 Å². The Kier molecular flexibility index (Phi) is 7.48. The van der Waals surface area contributed by atoms with Crippen LogP contribution < -0.4 is 10.9 Å². The fourth-order valence-corrected chi connectivity index (χ4v) is 4.16. The first kappa shape index (κ1) is 25.1. The molecule has 34 heavy (non-hydrogen) atoms. The smallest absolute Gasteiger partial charge is 0.360 e. The van der Waals surface area contributed by atoms with Crippen LogP contribution in [-0.4, -0.2) is 54.6 Å². The first-order valence-corrected chi connectivity index (χ1v) is 12.0. The van der Waals surface area contributed by atoms with Crippen molar-refractivity contribution >= 4 is 38.4 Å². The Bertz CT molecular complexity index is 1400. The molecule has 0 fully saturated rings. The molecule has 2 aromatic carbocycles. The monoisotopic (exact) mass is 486 g/mol. The molecule has 11 heteroatoms. The highest BCUT2D eigenvalue weighted by molar-refractivity contribution is 7.89. The molecule has 0 bridgehead atoms. The van der Waals surface area contributed by atoms with Crippen molar-refractivity contribution in [3.05, 3.63) is 64.6 Å². The van der Waals surface area contributed by atoms with Crippen LogP contribution >= 0.6 is 0 Å². The molecule has 3 rings (SSSR count). The van der Waals surface area contributed by atoms with E-state index < -0.39 is 28.0 Å². The fraction of sp³-hybridized carbons (Fsp3) is 0.304. The molecule has 0 radical (unpaired) electrons. The second-order valence-electron chi connectivity index (χ2n) is 7.77. The molecule has 0 saturated heterocycles. The number of anilines is 1. The highest BCUT2D eigenvalue weighted by Gasteiger charge is 2.24. The summed E-state index contributed by atoms with van der Waals surface area (Å²) in [7, 11) is -0.871. The molecule has 10 nitrogen and oxygen atoms in total. The van der Waals surface area contributed by atoms with Gasteiger partial charge in [-0.3, -0.25) is 9.59 Å². The van der Waals surface area contributed by atoms with Gasteiger partial charge >= 0.3 is 5.97 Å².